The number of amides is 1. The minimum Gasteiger partial charge on any atom is -0.398 e. The number of carbonyl (C=O) groups excluding carboxylic acids is 1. The Morgan fingerprint density at radius 3 is 2.89 bits per heavy atom. The largest absolute Gasteiger partial charge is 0.398 e. The third-order valence-corrected chi connectivity index (χ3v) is 3.39. The Morgan fingerprint density at radius 2 is 2.26 bits per heavy atom. The van der Waals surface area contributed by atoms with Crippen molar-refractivity contribution in [2.24, 2.45) is 0 Å². The van der Waals surface area contributed by atoms with Gasteiger partial charge in [-0.25, -0.2) is 0 Å². The molecular weight excluding hydrogens is 246 g/mol. The van der Waals surface area contributed by atoms with Crippen LogP contribution in [-0.4, -0.2) is 53.3 Å². The number of pyridine rings is 1. The molecule has 1 amide bonds. The number of rotatable bonds is 3. The summed E-state index contributed by atoms with van der Waals surface area (Å²) < 4.78 is 5.22. The van der Waals surface area contributed by atoms with Crippen molar-refractivity contribution in [3.63, 3.8) is 0 Å². The van der Waals surface area contributed by atoms with E-state index < -0.39 is 5.60 Å². The van der Waals surface area contributed by atoms with E-state index >= 15 is 0 Å². The number of likely N-dealkylation sites (N-methyl/N-ethyl adjacent to an activating group) is 1. The third-order valence-electron chi connectivity index (χ3n) is 3.39. The molecule has 1 aromatic rings. The number of hydrogen-bond donors (Lipinski definition) is 2. The first-order valence-corrected chi connectivity index (χ1v) is 6.27. The zero-order valence-electron chi connectivity index (χ0n) is 11.0. The van der Waals surface area contributed by atoms with E-state index in [0.717, 1.165) is 0 Å². The zero-order chi connectivity index (χ0) is 13.9. The van der Waals surface area contributed by atoms with Gasteiger partial charge < -0.3 is 20.5 Å². The molecule has 2 heterocycles. The summed E-state index contributed by atoms with van der Waals surface area (Å²) in [5.41, 5.74) is 5.64. The number of aliphatic hydroxyl groups is 1. The fourth-order valence-electron chi connectivity index (χ4n) is 2.21. The summed E-state index contributed by atoms with van der Waals surface area (Å²) in [6, 6.07) is 1.59. The van der Waals surface area contributed by atoms with Gasteiger partial charge in [-0.3, -0.25) is 9.78 Å². The minimum absolute atomic E-state index is 0.231. The lowest BCUT2D eigenvalue weighted by atomic mass is 9.94. The molecule has 0 aromatic carbocycles. The first-order valence-electron chi connectivity index (χ1n) is 6.27. The second kappa shape index (κ2) is 5.54. The maximum atomic E-state index is 12.2. The zero-order valence-corrected chi connectivity index (χ0v) is 11.0. The predicted molar refractivity (Wildman–Crippen MR) is 70.6 cm³/mol. The van der Waals surface area contributed by atoms with Gasteiger partial charge in [0.2, 0.25) is 0 Å². The number of nitrogen functional groups attached to an aromatic ring is 1. The molecule has 0 bridgehead atoms. The van der Waals surface area contributed by atoms with Crippen molar-refractivity contribution in [3.05, 3.63) is 24.0 Å². The summed E-state index contributed by atoms with van der Waals surface area (Å²) in [5, 5.41) is 10.4. The average molecular weight is 265 g/mol. The molecule has 0 spiro atoms. The lowest BCUT2D eigenvalue weighted by Gasteiger charge is -2.35. The highest BCUT2D eigenvalue weighted by Gasteiger charge is 2.32. The van der Waals surface area contributed by atoms with Crippen molar-refractivity contribution in [1.29, 1.82) is 0 Å². The molecule has 2 rings (SSSR count). The van der Waals surface area contributed by atoms with Gasteiger partial charge in [0.25, 0.3) is 5.91 Å². The first kappa shape index (κ1) is 13.8. The molecule has 0 atom stereocenters. The highest BCUT2D eigenvalue weighted by Crippen LogP contribution is 2.22. The number of nitrogens with zero attached hydrogens (tertiary/aromatic N) is 2. The predicted octanol–water partition coefficient (Wildman–Crippen LogP) is 0.277. The molecule has 1 saturated heterocycles. The lowest BCUT2D eigenvalue weighted by Crippen LogP contribution is -2.47. The molecule has 3 N–H and O–H groups in total. The Hall–Kier alpha value is -1.66. The number of hydrogen-bond acceptors (Lipinski definition) is 5. The molecule has 1 aliphatic rings. The molecule has 6 heteroatoms. The van der Waals surface area contributed by atoms with Gasteiger partial charge in [0.05, 0.1) is 11.2 Å². The monoisotopic (exact) mass is 265 g/mol. The second-order valence-corrected chi connectivity index (χ2v) is 4.96. The van der Waals surface area contributed by atoms with Crippen molar-refractivity contribution in [1.82, 2.24) is 9.88 Å². The van der Waals surface area contributed by atoms with Crippen LogP contribution in [0.1, 0.15) is 23.2 Å². The molecule has 6 nitrogen and oxygen atoms in total. The average Bonchev–Trinajstić information content (AvgIpc) is 2.39. The van der Waals surface area contributed by atoms with E-state index in [1.165, 1.54) is 17.3 Å². The smallest absolute Gasteiger partial charge is 0.257 e. The highest BCUT2D eigenvalue weighted by molar-refractivity contribution is 5.98. The van der Waals surface area contributed by atoms with Crippen LogP contribution in [0.25, 0.3) is 0 Å². The van der Waals surface area contributed by atoms with Crippen LogP contribution in [0.4, 0.5) is 5.69 Å². The van der Waals surface area contributed by atoms with Gasteiger partial charge in [-0.2, -0.15) is 0 Å². The van der Waals surface area contributed by atoms with Gasteiger partial charge in [-0.05, 0) is 6.07 Å². The molecule has 0 aliphatic carbocycles. The Labute approximate surface area is 112 Å². The molecule has 1 aromatic heterocycles. The van der Waals surface area contributed by atoms with Crippen molar-refractivity contribution >= 4 is 11.6 Å². The standard InChI is InChI=1S/C13H19N3O3/c1-16(9-13(18)3-6-19-7-4-13)12(17)10-8-15-5-2-11(10)14/h2,5,8,18H,3-4,6-7,9H2,1H3,(H2,14,15). The quantitative estimate of drug-likeness (QED) is 0.819. The maximum absolute atomic E-state index is 12.2. The number of anilines is 1. The molecule has 104 valence electrons. The fourth-order valence-corrected chi connectivity index (χ4v) is 2.21. The van der Waals surface area contributed by atoms with E-state index in [9.17, 15) is 9.90 Å². The Kier molecular flexibility index (Phi) is 4.01. The van der Waals surface area contributed by atoms with Crippen LogP contribution >= 0.6 is 0 Å². The van der Waals surface area contributed by atoms with Gasteiger partial charge in [-0.1, -0.05) is 0 Å². The van der Waals surface area contributed by atoms with Gasteiger partial charge >= 0.3 is 0 Å². The first-order chi connectivity index (χ1) is 9.02. The molecule has 1 fully saturated rings. The van der Waals surface area contributed by atoms with Crippen LogP contribution in [0.15, 0.2) is 18.5 Å². The molecule has 0 saturated carbocycles. The van der Waals surface area contributed by atoms with Crippen LogP contribution in [-0.2, 0) is 4.74 Å². The maximum Gasteiger partial charge on any atom is 0.257 e. The lowest BCUT2D eigenvalue weighted by molar-refractivity contribution is -0.0734. The normalized spacial score (nSPS) is 18.0. The number of nitrogens with two attached hydrogens (primary N) is 1. The summed E-state index contributed by atoms with van der Waals surface area (Å²) in [6.07, 6.45) is 4.06. The molecule has 1 aliphatic heterocycles. The Morgan fingerprint density at radius 1 is 1.58 bits per heavy atom. The summed E-state index contributed by atoms with van der Waals surface area (Å²) in [4.78, 5) is 17.6. The van der Waals surface area contributed by atoms with Gasteiger partial charge in [0, 0.05) is 57.7 Å². The van der Waals surface area contributed by atoms with Crippen LogP contribution in [0, 0.1) is 0 Å². The second-order valence-electron chi connectivity index (χ2n) is 4.96. The van der Waals surface area contributed by atoms with Crippen molar-refractivity contribution < 1.29 is 14.6 Å². The topological polar surface area (TPSA) is 88.7 Å². The van der Waals surface area contributed by atoms with Crippen LogP contribution in [0.2, 0.25) is 0 Å². The van der Waals surface area contributed by atoms with Crippen LogP contribution in [0.5, 0.6) is 0 Å². The van der Waals surface area contributed by atoms with Gasteiger partial charge in [-0.15, -0.1) is 0 Å². The highest BCUT2D eigenvalue weighted by atomic mass is 16.5. The Balaban J connectivity index is 2.05. The van der Waals surface area contributed by atoms with Crippen LogP contribution in [0.3, 0.4) is 0 Å². The number of ether oxygens (including phenoxy) is 1. The summed E-state index contributed by atoms with van der Waals surface area (Å²) >= 11 is 0. The SMILES string of the molecule is CN(CC1(O)CCOCC1)C(=O)c1cnccc1N. The number of carbonyl (C=O) groups is 1. The van der Waals surface area contributed by atoms with Crippen LogP contribution < -0.4 is 5.73 Å². The number of aromatic nitrogens is 1. The van der Waals surface area contributed by atoms with Crippen molar-refractivity contribution in [2.75, 3.05) is 32.5 Å². The van der Waals surface area contributed by atoms with E-state index in [1.54, 1.807) is 13.1 Å². The minimum atomic E-state index is -0.875. The molecule has 0 unspecified atom stereocenters. The summed E-state index contributed by atoms with van der Waals surface area (Å²) in [6.45, 7) is 1.31. The van der Waals surface area contributed by atoms with E-state index in [2.05, 4.69) is 4.98 Å². The molecule has 0 radical (unpaired) electrons. The third kappa shape index (κ3) is 3.21. The molecule has 19 heavy (non-hydrogen) atoms. The molecular formula is C13H19N3O3. The fraction of sp³-hybridized carbons (Fsp3) is 0.538. The van der Waals surface area contributed by atoms with Crippen molar-refractivity contribution in [2.45, 2.75) is 18.4 Å². The summed E-state index contributed by atoms with van der Waals surface area (Å²) in [5.74, 6) is -0.231. The Bertz CT molecular complexity index is 458. The van der Waals surface area contributed by atoms with Gasteiger partial charge in [0.1, 0.15) is 0 Å². The van der Waals surface area contributed by atoms with E-state index in [4.69, 9.17) is 10.5 Å². The van der Waals surface area contributed by atoms with E-state index in [0.29, 0.717) is 37.3 Å². The van der Waals surface area contributed by atoms with Gasteiger partial charge in [0.15, 0.2) is 0 Å². The summed E-state index contributed by atoms with van der Waals surface area (Å²) in [7, 11) is 1.65. The van der Waals surface area contributed by atoms with E-state index in [-0.39, 0.29) is 12.5 Å². The van der Waals surface area contributed by atoms with Crippen molar-refractivity contribution in [3.8, 4) is 0 Å². The van der Waals surface area contributed by atoms with E-state index in [1.807, 2.05) is 0 Å².